The highest BCUT2D eigenvalue weighted by Gasteiger charge is 2.36. The summed E-state index contributed by atoms with van der Waals surface area (Å²) >= 11 is 0. The van der Waals surface area contributed by atoms with E-state index in [0.29, 0.717) is 10.9 Å². The van der Waals surface area contributed by atoms with Crippen molar-refractivity contribution in [1.82, 2.24) is 20.7 Å². The van der Waals surface area contributed by atoms with Crippen molar-refractivity contribution in [1.29, 1.82) is 0 Å². The Morgan fingerprint density at radius 2 is 1.48 bits per heavy atom. The summed E-state index contributed by atoms with van der Waals surface area (Å²) in [7, 11) is 0. The summed E-state index contributed by atoms with van der Waals surface area (Å²) in [5.41, 5.74) is 4.56. The number of benzene rings is 2. The molecule has 0 atom stereocenters. The SMILES string of the molecule is O=C(CN1C(=O)c2ccccc2C1=O)NNC(=O)c1c[nH]c2ccccc2c1=O. The minimum absolute atomic E-state index is 0.190. The quantitative estimate of drug-likeness (QED) is 0.445. The molecule has 0 aliphatic carbocycles. The molecule has 0 saturated carbocycles. The van der Waals surface area contributed by atoms with Crippen LogP contribution in [0.1, 0.15) is 31.1 Å². The zero-order valence-electron chi connectivity index (χ0n) is 14.9. The third kappa shape index (κ3) is 3.14. The van der Waals surface area contributed by atoms with Crippen LogP contribution in [0.5, 0.6) is 0 Å². The smallest absolute Gasteiger partial charge is 0.275 e. The fourth-order valence-corrected chi connectivity index (χ4v) is 3.10. The number of H-pyrrole nitrogens is 1. The van der Waals surface area contributed by atoms with Gasteiger partial charge in [-0.25, -0.2) is 0 Å². The molecule has 1 aliphatic heterocycles. The fraction of sp³-hybridized carbons (Fsp3) is 0.0500. The molecule has 4 amide bonds. The summed E-state index contributed by atoms with van der Waals surface area (Å²) in [6.45, 7) is -0.569. The van der Waals surface area contributed by atoms with E-state index >= 15 is 0 Å². The van der Waals surface area contributed by atoms with Gasteiger partial charge in [0.1, 0.15) is 12.1 Å². The first-order valence-electron chi connectivity index (χ1n) is 8.62. The van der Waals surface area contributed by atoms with Gasteiger partial charge in [0.05, 0.1) is 11.1 Å². The summed E-state index contributed by atoms with van der Waals surface area (Å²) in [6.07, 6.45) is 1.25. The average Bonchev–Trinajstić information content (AvgIpc) is 2.97. The molecule has 9 nitrogen and oxygen atoms in total. The van der Waals surface area contributed by atoms with Crippen LogP contribution in [-0.4, -0.2) is 40.1 Å². The van der Waals surface area contributed by atoms with Gasteiger partial charge in [-0.2, -0.15) is 0 Å². The number of imide groups is 1. The highest BCUT2D eigenvalue weighted by Crippen LogP contribution is 2.21. The van der Waals surface area contributed by atoms with Crippen LogP contribution in [0.15, 0.2) is 59.5 Å². The number of pyridine rings is 1. The molecule has 3 N–H and O–H groups in total. The van der Waals surface area contributed by atoms with Crippen LogP contribution in [0.3, 0.4) is 0 Å². The van der Waals surface area contributed by atoms with Crippen molar-refractivity contribution in [3.05, 3.63) is 81.6 Å². The van der Waals surface area contributed by atoms with Crippen molar-refractivity contribution in [2.24, 2.45) is 0 Å². The summed E-state index contributed by atoms with van der Waals surface area (Å²) in [5, 5.41) is 0.331. The maximum absolute atomic E-state index is 12.4. The number of hydrazine groups is 1. The molecular formula is C20H14N4O5. The number of para-hydroxylation sites is 1. The first kappa shape index (κ1) is 18.1. The van der Waals surface area contributed by atoms with Crippen molar-refractivity contribution in [2.75, 3.05) is 6.54 Å². The minimum atomic E-state index is -0.826. The Morgan fingerprint density at radius 1 is 0.862 bits per heavy atom. The number of aromatic nitrogens is 1. The molecule has 29 heavy (non-hydrogen) atoms. The van der Waals surface area contributed by atoms with Crippen LogP contribution in [0.25, 0.3) is 10.9 Å². The van der Waals surface area contributed by atoms with E-state index in [4.69, 9.17) is 0 Å². The van der Waals surface area contributed by atoms with E-state index in [1.165, 1.54) is 18.3 Å². The van der Waals surface area contributed by atoms with Gasteiger partial charge in [-0.1, -0.05) is 24.3 Å². The Kier molecular flexibility index (Phi) is 4.40. The Morgan fingerprint density at radius 3 is 2.17 bits per heavy atom. The van der Waals surface area contributed by atoms with Gasteiger partial charge in [-0.05, 0) is 24.3 Å². The number of hydrogen-bond acceptors (Lipinski definition) is 5. The van der Waals surface area contributed by atoms with Gasteiger partial charge >= 0.3 is 0 Å². The van der Waals surface area contributed by atoms with E-state index in [9.17, 15) is 24.0 Å². The molecule has 4 rings (SSSR count). The van der Waals surface area contributed by atoms with Crippen LogP contribution in [0.2, 0.25) is 0 Å². The topological polar surface area (TPSA) is 128 Å². The largest absolute Gasteiger partial charge is 0.360 e. The molecular weight excluding hydrogens is 376 g/mol. The monoisotopic (exact) mass is 390 g/mol. The van der Waals surface area contributed by atoms with Gasteiger partial charge in [-0.3, -0.25) is 39.7 Å². The highest BCUT2D eigenvalue weighted by molar-refractivity contribution is 6.22. The normalized spacial score (nSPS) is 12.8. The average molecular weight is 390 g/mol. The van der Waals surface area contributed by atoms with E-state index in [1.54, 1.807) is 36.4 Å². The number of fused-ring (bicyclic) bond motifs is 2. The van der Waals surface area contributed by atoms with Gasteiger partial charge < -0.3 is 4.98 Å². The van der Waals surface area contributed by atoms with Crippen LogP contribution in [0, 0.1) is 0 Å². The molecule has 2 aromatic carbocycles. The van der Waals surface area contributed by atoms with Crippen LogP contribution in [0.4, 0.5) is 0 Å². The lowest BCUT2D eigenvalue weighted by atomic mass is 10.1. The molecule has 0 fully saturated rings. The molecule has 2 heterocycles. The van der Waals surface area contributed by atoms with Crippen molar-refractivity contribution in [3.63, 3.8) is 0 Å². The van der Waals surface area contributed by atoms with Gasteiger partial charge in [0.15, 0.2) is 0 Å². The van der Waals surface area contributed by atoms with Gasteiger partial charge in [-0.15, -0.1) is 0 Å². The summed E-state index contributed by atoms with van der Waals surface area (Å²) < 4.78 is 0. The second-order valence-corrected chi connectivity index (χ2v) is 6.32. The number of carbonyl (C=O) groups excluding carboxylic acids is 4. The number of aromatic amines is 1. The van der Waals surface area contributed by atoms with Gasteiger partial charge in [0.2, 0.25) is 5.43 Å². The molecule has 0 spiro atoms. The summed E-state index contributed by atoms with van der Waals surface area (Å²) in [5.74, 6) is -2.78. The Balaban J connectivity index is 1.42. The molecule has 0 saturated heterocycles. The first-order chi connectivity index (χ1) is 14.0. The summed E-state index contributed by atoms with van der Waals surface area (Å²) in [4.78, 5) is 64.9. The van der Waals surface area contributed by atoms with Gasteiger partial charge in [0.25, 0.3) is 23.6 Å². The lowest BCUT2D eigenvalue weighted by molar-refractivity contribution is -0.122. The van der Waals surface area contributed by atoms with Gasteiger partial charge in [0, 0.05) is 17.1 Å². The molecule has 144 valence electrons. The number of nitrogens with zero attached hydrogens (tertiary/aromatic N) is 1. The Labute approximate surface area is 163 Å². The lowest BCUT2D eigenvalue weighted by Crippen LogP contribution is -2.48. The number of hydrogen-bond donors (Lipinski definition) is 3. The molecule has 3 aromatic rings. The molecule has 1 aliphatic rings. The minimum Gasteiger partial charge on any atom is -0.360 e. The highest BCUT2D eigenvalue weighted by atomic mass is 16.2. The third-order valence-corrected chi connectivity index (χ3v) is 4.53. The molecule has 0 unspecified atom stereocenters. The zero-order valence-corrected chi connectivity index (χ0v) is 14.9. The predicted molar refractivity (Wildman–Crippen MR) is 102 cm³/mol. The van der Waals surface area contributed by atoms with E-state index < -0.39 is 35.6 Å². The van der Waals surface area contributed by atoms with Crippen molar-refractivity contribution >= 4 is 34.5 Å². The Hall–Kier alpha value is -4.27. The van der Waals surface area contributed by atoms with E-state index in [1.807, 2.05) is 0 Å². The van der Waals surface area contributed by atoms with E-state index in [2.05, 4.69) is 15.8 Å². The van der Waals surface area contributed by atoms with Crippen LogP contribution < -0.4 is 16.3 Å². The van der Waals surface area contributed by atoms with Crippen molar-refractivity contribution < 1.29 is 19.2 Å². The van der Waals surface area contributed by atoms with E-state index in [-0.39, 0.29) is 16.7 Å². The second-order valence-electron chi connectivity index (χ2n) is 6.32. The summed E-state index contributed by atoms with van der Waals surface area (Å²) in [6, 6.07) is 12.9. The zero-order chi connectivity index (χ0) is 20.5. The second kappa shape index (κ2) is 7.04. The number of rotatable bonds is 3. The van der Waals surface area contributed by atoms with Crippen LogP contribution in [-0.2, 0) is 4.79 Å². The third-order valence-electron chi connectivity index (χ3n) is 4.53. The van der Waals surface area contributed by atoms with Crippen LogP contribution >= 0.6 is 0 Å². The lowest BCUT2D eigenvalue weighted by Gasteiger charge is -2.14. The number of nitrogens with one attached hydrogen (secondary N) is 3. The van der Waals surface area contributed by atoms with E-state index in [0.717, 1.165) is 4.90 Å². The standard InChI is InChI=1S/C20H14N4O5/c25-16(10-24-19(28)11-5-1-2-6-12(11)20(24)29)22-23-18(27)14-9-21-15-8-4-3-7-13(15)17(14)26/h1-9H,10H2,(H,21,26)(H,22,25)(H,23,27). The number of amides is 4. The number of carbonyl (C=O) groups is 4. The molecule has 0 radical (unpaired) electrons. The maximum atomic E-state index is 12.4. The first-order valence-corrected chi connectivity index (χ1v) is 8.62. The molecule has 0 bridgehead atoms. The predicted octanol–water partition coefficient (Wildman–Crippen LogP) is 0.585. The Bertz CT molecular complexity index is 1210. The maximum Gasteiger partial charge on any atom is 0.275 e. The fourth-order valence-electron chi connectivity index (χ4n) is 3.10. The van der Waals surface area contributed by atoms with Crippen molar-refractivity contribution in [3.8, 4) is 0 Å². The molecule has 9 heteroatoms. The van der Waals surface area contributed by atoms with Crippen molar-refractivity contribution in [2.45, 2.75) is 0 Å². The molecule has 1 aromatic heterocycles.